The Balaban J connectivity index is 1.14. The zero-order valence-electron chi connectivity index (χ0n) is 20.6. The molecule has 3 aromatic rings. The Bertz CT molecular complexity index is 1280. The highest BCUT2D eigenvalue weighted by Crippen LogP contribution is 2.31. The van der Waals surface area contributed by atoms with Crippen molar-refractivity contribution in [2.75, 3.05) is 37.0 Å². The van der Waals surface area contributed by atoms with Crippen LogP contribution in [0.15, 0.2) is 83.8 Å². The highest BCUT2D eigenvalue weighted by Gasteiger charge is 2.29. The molecule has 0 bridgehead atoms. The second-order valence-electron chi connectivity index (χ2n) is 9.60. The number of carbonyl (C=O) groups is 1. The summed E-state index contributed by atoms with van der Waals surface area (Å²) in [5.74, 6) is 0.163. The fourth-order valence-electron chi connectivity index (χ4n) is 5.11. The predicted molar refractivity (Wildman–Crippen MR) is 142 cm³/mol. The minimum Gasteiger partial charge on any atom is -0.340 e. The summed E-state index contributed by atoms with van der Waals surface area (Å²) in [4.78, 5) is 17.4. The van der Waals surface area contributed by atoms with Crippen molar-refractivity contribution in [2.45, 2.75) is 37.1 Å². The number of rotatable bonds is 7. The van der Waals surface area contributed by atoms with Crippen LogP contribution >= 0.6 is 0 Å². The Morgan fingerprint density at radius 2 is 1.44 bits per heavy atom. The predicted octanol–water partition coefficient (Wildman–Crippen LogP) is 4.11. The third kappa shape index (κ3) is 5.47. The molecular weight excluding hydrogens is 470 g/mol. The van der Waals surface area contributed by atoms with Crippen molar-refractivity contribution < 1.29 is 13.2 Å². The minimum absolute atomic E-state index is 0.163. The molecule has 0 unspecified atom stereocenters. The molecule has 1 fully saturated rings. The van der Waals surface area contributed by atoms with Crippen LogP contribution in [-0.4, -0.2) is 56.8 Å². The number of hydrogen-bond acceptors (Lipinski definition) is 4. The maximum Gasteiger partial charge on any atom is 0.264 e. The fraction of sp³-hybridized carbons (Fsp3) is 0.345. The number of nitrogens with zero attached hydrogens (tertiary/aromatic N) is 3. The van der Waals surface area contributed by atoms with E-state index in [4.69, 9.17) is 0 Å². The van der Waals surface area contributed by atoms with Crippen LogP contribution in [-0.2, 0) is 34.2 Å². The zero-order chi connectivity index (χ0) is 25.0. The summed E-state index contributed by atoms with van der Waals surface area (Å²) in [5, 5.41) is 0. The van der Waals surface area contributed by atoms with Gasteiger partial charge in [0.15, 0.2) is 0 Å². The van der Waals surface area contributed by atoms with Gasteiger partial charge in [0.2, 0.25) is 5.91 Å². The smallest absolute Gasteiger partial charge is 0.264 e. The third-order valence-electron chi connectivity index (χ3n) is 7.18. The molecule has 6 nitrogen and oxygen atoms in total. The van der Waals surface area contributed by atoms with Crippen molar-refractivity contribution in [1.82, 2.24) is 9.80 Å². The Hall–Kier alpha value is -3.16. The summed E-state index contributed by atoms with van der Waals surface area (Å²) in [5.41, 5.74) is 4.13. The van der Waals surface area contributed by atoms with Gasteiger partial charge < -0.3 is 4.90 Å². The molecular formula is C29H33N3O3S. The molecule has 2 heterocycles. The lowest BCUT2D eigenvalue weighted by Gasteiger charge is -2.34. The Morgan fingerprint density at radius 3 is 2.19 bits per heavy atom. The van der Waals surface area contributed by atoms with Gasteiger partial charge in [0, 0.05) is 45.7 Å². The van der Waals surface area contributed by atoms with E-state index in [9.17, 15) is 13.2 Å². The fourth-order valence-corrected chi connectivity index (χ4v) is 6.65. The third-order valence-corrected chi connectivity index (χ3v) is 9.01. The van der Waals surface area contributed by atoms with Gasteiger partial charge in [-0.25, -0.2) is 8.42 Å². The van der Waals surface area contributed by atoms with E-state index in [1.807, 2.05) is 47.4 Å². The molecule has 0 atom stereocenters. The van der Waals surface area contributed by atoms with E-state index in [-0.39, 0.29) is 5.91 Å². The van der Waals surface area contributed by atoms with Gasteiger partial charge in [-0.2, -0.15) is 0 Å². The van der Waals surface area contributed by atoms with Crippen LogP contribution in [0.2, 0.25) is 0 Å². The molecule has 3 aromatic carbocycles. The first-order chi connectivity index (χ1) is 17.5. The van der Waals surface area contributed by atoms with E-state index >= 15 is 0 Å². The number of hydrogen-bond donors (Lipinski definition) is 0. The molecule has 1 saturated heterocycles. The average molecular weight is 504 g/mol. The van der Waals surface area contributed by atoms with Gasteiger partial charge in [-0.3, -0.25) is 14.0 Å². The van der Waals surface area contributed by atoms with E-state index in [2.05, 4.69) is 29.2 Å². The number of benzene rings is 3. The van der Waals surface area contributed by atoms with Gasteiger partial charge in [0.1, 0.15) is 0 Å². The number of anilines is 1. The van der Waals surface area contributed by atoms with Crippen molar-refractivity contribution >= 4 is 21.6 Å². The molecule has 188 valence electrons. The van der Waals surface area contributed by atoms with Gasteiger partial charge in [0.05, 0.1) is 10.6 Å². The molecule has 5 rings (SSSR count). The molecule has 0 N–H and O–H groups in total. The van der Waals surface area contributed by atoms with Crippen molar-refractivity contribution in [3.05, 3.63) is 95.6 Å². The Labute approximate surface area is 214 Å². The van der Waals surface area contributed by atoms with Crippen molar-refractivity contribution in [3.63, 3.8) is 0 Å². The standard InChI is InChI=1S/C29H33N3O3S/c33-29(31-21-19-30(20-22-31)23-25-7-2-1-3-8-25)17-14-24-12-15-27(16-13-24)36(34,35)32-18-6-10-26-9-4-5-11-28(26)32/h1-5,7-9,11-13,15-16H,6,10,14,17-23H2. The maximum atomic E-state index is 13.3. The van der Waals surface area contributed by atoms with Gasteiger partial charge in [-0.15, -0.1) is 0 Å². The van der Waals surface area contributed by atoms with E-state index in [0.29, 0.717) is 24.3 Å². The Kier molecular flexibility index (Phi) is 7.39. The van der Waals surface area contributed by atoms with Crippen LogP contribution in [0.4, 0.5) is 5.69 Å². The number of piperazine rings is 1. The van der Waals surface area contributed by atoms with Crippen LogP contribution in [0.5, 0.6) is 0 Å². The lowest BCUT2D eigenvalue weighted by atomic mass is 10.0. The van der Waals surface area contributed by atoms with Crippen molar-refractivity contribution in [2.24, 2.45) is 0 Å². The highest BCUT2D eigenvalue weighted by atomic mass is 32.2. The summed E-state index contributed by atoms with van der Waals surface area (Å²) in [6, 6.07) is 25.2. The number of sulfonamides is 1. The van der Waals surface area contributed by atoms with Gasteiger partial charge >= 0.3 is 0 Å². The molecule has 0 radical (unpaired) electrons. The first kappa shape index (κ1) is 24.5. The van der Waals surface area contributed by atoms with Gasteiger partial charge in [-0.05, 0) is 54.2 Å². The molecule has 1 amide bonds. The average Bonchev–Trinajstić information content (AvgIpc) is 2.92. The normalized spacial score (nSPS) is 16.6. The summed E-state index contributed by atoms with van der Waals surface area (Å²) in [7, 11) is -3.62. The molecule has 7 heteroatoms. The molecule has 0 aromatic heterocycles. The molecule has 0 aliphatic carbocycles. The second-order valence-corrected chi connectivity index (χ2v) is 11.5. The zero-order valence-corrected chi connectivity index (χ0v) is 21.4. The summed E-state index contributed by atoms with van der Waals surface area (Å²) in [6.45, 7) is 4.68. The van der Waals surface area contributed by atoms with E-state index in [1.54, 1.807) is 12.1 Å². The highest BCUT2D eigenvalue weighted by molar-refractivity contribution is 7.92. The van der Waals surface area contributed by atoms with E-state index in [1.165, 1.54) is 9.87 Å². The minimum atomic E-state index is -3.62. The van der Waals surface area contributed by atoms with Gasteiger partial charge in [0.25, 0.3) is 10.0 Å². The molecule has 0 saturated carbocycles. The van der Waals surface area contributed by atoms with Crippen molar-refractivity contribution in [1.29, 1.82) is 0 Å². The summed E-state index contributed by atoms with van der Waals surface area (Å²) >= 11 is 0. The van der Waals surface area contributed by atoms with Crippen LogP contribution < -0.4 is 4.31 Å². The van der Waals surface area contributed by atoms with E-state index < -0.39 is 10.0 Å². The second kappa shape index (κ2) is 10.8. The maximum absolute atomic E-state index is 13.3. The van der Waals surface area contributed by atoms with E-state index in [0.717, 1.165) is 62.4 Å². The number of fused-ring (bicyclic) bond motifs is 1. The van der Waals surface area contributed by atoms with Crippen LogP contribution in [0, 0.1) is 0 Å². The lowest BCUT2D eigenvalue weighted by Crippen LogP contribution is -2.48. The number of aryl methyl sites for hydroxylation is 2. The monoisotopic (exact) mass is 503 g/mol. The molecule has 36 heavy (non-hydrogen) atoms. The molecule has 2 aliphatic rings. The number of amides is 1. The summed E-state index contributed by atoms with van der Waals surface area (Å²) < 4.78 is 28.2. The van der Waals surface area contributed by atoms with Gasteiger partial charge in [-0.1, -0.05) is 60.7 Å². The largest absolute Gasteiger partial charge is 0.340 e. The van der Waals surface area contributed by atoms with Crippen LogP contribution in [0.25, 0.3) is 0 Å². The number of para-hydroxylation sites is 1. The lowest BCUT2D eigenvalue weighted by molar-refractivity contribution is -0.133. The summed E-state index contributed by atoms with van der Waals surface area (Å²) in [6.07, 6.45) is 2.76. The first-order valence-corrected chi connectivity index (χ1v) is 14.2. The Morgan fingerprint density at radius 1 is 0.750 bits per heavy atom. The van der Waals surface area contributed by atoms with Crippen LogP contribution in [0.1, 0.15) is 29.5 Å². The quantitative estimate of drug-likeness (QED) is 0.487. The number of carbonyl (C=O) groups excluding carboxylic acids is 1. The molecule has 0 spiro atoms. The first-order valence-electron chi connectivity index (χ1n) is 12.7. The molecule has 2 aliphatic heterocycles. The topological polar surface area (TPSA) is 60.9 Å². The van der Waals surface area contributed by atoms with Crippen molar-refractivity contribution in [3.8, 4) is 0 Å². The van der Waals surface area contributed by atoms with Crippen LogP contribution in [0.3, 0.4) is 0 Å². The SMILES string of the molecule is O=C(CCc1ccc(S(=O)(=O)N2CCCc3ccccc32)cc1)N1CCN(Cc2ccccc2)CC1.